The highest BCUT2D eigenvalue weighted by Gasteiger charge is 2.16. The summed E-state index contributed by atoms with van der Waals surface area (Å²) in [6.45, 7) is 3.56. The summed E-state index contributed by atoms with van der Waals surface area (Å²) in [7, 11) is 2.09. The van der Waals surface area contributed by atoms with Gasteiger partial charge in [0.15, 0.2) is 0 Å². The third kappa shape index (κ3) is 3.84. The van der Waals surface area contributed by atoms with Gasteiger partial charge in [0.05, 0.1) is 35.3 Å². The van der Waals surface area contributed by atoms with Crippen LogP contribution in [0.15, 0.2) is 47.8 Å². The second-order valence-corrected chi connectivity index (χ2v) is 6.81. The maximum atomic E-state index is 12.5. The fourth-order valence-electron chi connectivity index (χ4n) is 3.13. The van der Waals surface area contributed by atoms with E-state index in [1.807, 2.05) is 6.07 Å². The standard InChI is InChI=1S/C19H21N7O2/c1-24-6-8-25(9-7-24)19-20-10-14(11-21-19)23-17(27)12-26-13-22-16-5-3-2-4-15(16)18(26)28/h2-5,10-11,13H,6-9,12H2,1H3,(H,23,27). The van der Waals surface area contributed by atoms with E-state index in [0.29, 0.717) is 22.5 Å². The SMILES string of the molecule is CN1CCN(c2ncc(NC(=O)Cn3cnc4ccccc4c3=O)cn2)CC1. The number of carbonyl (C=O) groups excluding carboxylic acids is 1. The number of anilines is 2. The number of para-hydroxylation sites is 1. The predicted molar refractivity (Wildman–Crippen MR) is 106 cm³/mol. The van der Waals surface area contributed by atoms with E-state index in [2.05, 4.69) is 37.1 Å². The lowest BCUT2D eigenvalue weighted by Crippen LogP contribution is -2.45. The molecule has 1 N–H and O–H groups in total. The third-order valence-electron chi connectivity index (χ3n) is 4.75. The zero-order chi connectivity index (χ0) is 19.5. The number of amides is 1. The van der Waals surface area contributed by atoms with E-state index in [4.69, 9.17) is 0 Å². The summed E-state index contributed by atoms with van der Waals surface area (Å²) in [6, 6.07) is 7.05. The number of hydrogen-bond acceptors (Lipinski definition) is 7. The molecule has 144 valence electrons. The molecule has 0 aliphatic carbocycles. The van der Waals surface area contributed by atoms with E-state index in [9.17, 15) is 9.59 Å². The maximum Gasteiger partial charge on any atom is 0.261 e. The van der Waals surface area contributed by atoms with Crippen LogP contribution in [-0.4, -0.2) is 63.6 Å². The van der Waals surface area contributed by atoms with Gasteiger partial charge >= 0.3 is 0 Å². The Kier molecular flexibility index (Phi) is 4.98. The molecule has 0 radical (unpaired) electrons. The summed E-state index contributed by atoms with van der Waals surface area (Å²) in [5.74, 6) is 0.316. The Morgan fingerprint density at radius 1 is 1.07 bits per heavy atom. The molecule has 9 heteroatoms. The molecule has 9 nitrogen and oxygen atoms in total. The second-order valence-electron chi connectivity index (χ2n) is 6.81. The van der Waals surface area contributed by atoms with Gasteiger partial charge in [-0.3, -0.25) is 14.2 Å². The first-order valence-electron chi connectivity index (χ1n) is 9.10. The van der Waals surface area contributed by atoms with Crippen molar-refractivity contribution in [2.45, 2.75) is 6.54 Å². The minimum absolute atomic E-state index is 0.128. The Morgan fingerprint density at radius 3 is 2.54 bits per heavy atom. The number of benzene rings is 1. The summed E-state index contributed by atoms with van der Waals surface area (Å²) in [4.78, 5) is 42.1. The fraction of sp³-hybridized carbons (Fsp3) is 0.316. The minimum atomic E-state index is -0.338. The Labute approximate surface area is 161 Å². The highest BCUT2D eigenvalue weighted by atomic mass is 16.2. The number of rotatable bonds is 4. The van der Waals surface area contributed by atoms with Crippen LogP contribution in [0, 0.1) is 0 Å². The quantitative estimate of drug-likeness (QED) is 0.708. The van der Waals surface area contributed by atoms with Gasteiger partial charge in [-0.1, -0.05) is 12.1 Å². The lowest BCUT2D eigenvalue weighted by Gasteiger charge is -2.32. The van der Waals surface area contributed by atoms with Crippen LogP contribution in [0.1, 0.15) is 0 Å². The van der Waals surface area contributed by atoms with Crippen LogP contribution in [0.3, 0.4) is 0 Å². The number of fused-ring (bicyclic) bond motifs is 1. The molecule has 1 aliphatic heterocycles. The summed E-state index contributed by atoms with van der Waals surface area (Å²) >= 11 is 0. The number of nitrogens with one attached hydrogen (secondary N) is 1. The smallest absolute Gasteiger partial charge is 0.261 e. The van der Waals surface area contributed by atoms with Crippen molar-refractivity contribution in [1.82, 2.24) is 24.4 Å². The largest absolute Gasteiger partial charge is 0.338 e. The first kappa shape index (κ1) is 18.1. The Morgan fingerprint density at radius 2 is 1.79 bits per heavy atom. The zero-order valence-corrected chi connectivity index (χ0v) is 15.6. The molecule has 2 aromatic heterocycles. The number of likely N-dealkylation sites (N-methyl/N-ethyl adjacent to an activating group) is 1. The molecule has 3 aromatic rings. The van der Waals surface area contributed by atoms with Crippen molar-refractivity contribution in [2.24, 2.45) is 0 Å². The molecule has 0 bridgehead atoms. The molecule has 0 unspecified atom stereocenters. The first-order chi connectivity index (χ1) is 13.6. The predicted octanol–water partition coefficient (Wildman–Crippen LogP) is 0.577. The van der Waals surface area contributed by atoms with Gasteiger partial charge in [-0.05, 0) is 19.2 Å². The molecule has 0 saturated carbocycles. The van der Waals surface area contributed by atoms with Gasteiger partial charge in [0.2, 0.25) is 11.9 Å². The van der Waals surface area contributed by atoms with E-state index < -0.39 is 0 Å². The lowest BCUT2D eigenvalue weighted by atomic mass is 10.2. The normalized spacial score (nSPS) is 15.0. The number of hydrogen-bond donors (Lipinski definition) is 1. The van der Waals surface area contributed by atoms with E-state index in [0.717, 1.165) is 26.2 Å². The van der Waals surface area contributed by atoms with Crippen LogP contribution in [0.2, 0.25) is 0 Å². The van der Waals surface area contributed by atoms with Crippen LogP contribution in [0.5, 0.6) is 0 Å². The van der Waals surface area contributed by atoms with Crippen molar-refractivity contribution in [1.29, 1.82) is 0 Å². The summed E-state index contributed by atoms with van der Waals surface area (Å²) in [5.41, 5.74) is 0.851. The second kappa shape index (κ2) is 7.73. The molecule has 1 aromatic carbocycles. The van der Waals surface area contributed by atoms with Gasteiger partial charge in [-0.15, -0.1) is 0 Å². The molecule has 1 amide bonds. The topological polar surface area (TPSA) is 96.2 Å². The highest BCUT2D eigenvalue weighted by Crippen LogP contribution is 2.12. The van der Waals surface area contributed by atoms with Crippen LogP contribution in [-0.2, 0) is 11.3 Å². The van der Waals surface area contributed by atoms with Crippen LogP contribution in [0.25, 0.3) is 10.9 Å². The van der Waals surface area contributed by atoms with Crippen molar-refractivity contribution in [3.8, 4) is 0 Å². The summed E-state index contributed by atoms with van der Waals surface area (Å²) in [6.07, 6.45) is 4.55. The fourth-order valence-corrected chi connectivity index (χ4v) is 3.13. The van der Waals surface area contributed by atoms with Crippen LogP contribution >= 0.6 is 0 Å². The van der Waals surface area contributed by atoms with Crippen molar-refractivity contribution < 1.29 is 4.79 Å². The molecule has 0 spiro atoms. The molecular weight excluding hydrogens is 358 g/mol. The zero-order valence-electron chi connectivity index (χ0n) is 15.6. The summed E-state index contributed by atoms with van der Waals surface area (Å²) < 4.78 is 1.29. The average molecular weight is 379 g/mol. The molecule has 1 saturated heterocycles. The van der Waals surface area contributed by atoms with Crippen molar-refractivity contribution in [3.63, 3.8) is 0 Å². The van der Waals surface area contributed by atoms with Gasteiger partial charge in [-0.2, -0.15) is 0 Å². The average Bonchev–Trinajstić information content (AvgIpc) is 2.71. The van der Waals surface area contributed by atoms with Gasteiger partial charge in [0, 0.05) is 26.2 Å². The molecule has 4 rings (SSSR count). The van der Waals surface area contributed by atoms with E-state index in [1.165, 1.54) is 10.9 Å². The molecule has 1 fully saturated rings. The van der Waals surface area contributed by atoms with E-state index >= 15 is 0 Å². The van der Waals surface area contributed by atoms with Crippen molar-refractivity contribution in [2.75, 3.05) is 43.4 Å². The summed E-state index contributed by atoms with van der Waals surface area (Å²) in [5, 5.41) is 3.21. The van der Waals surface area contributed by atoms with Gasteiger partial charge < -0.3 is 15.1 Å². The molecular formula is C19H21N7O2. The Bertz CT molecular complexity index is 1040. The Hall–Kier alpha value is -3.33. The van der Waals surface area contributed by atoms with Crippen LogP contribution < -0.4 is 15.8 Å². The maximum absolute atomic E-state index is 12.5. The number of carbonyl (C=O) groups is 1. The van der Waals surface area contributed by atoms with Crippen molar-refractivity contribution in [3.05, 3.63) is 53.3 Å². The molecule has 3 heterocycles. The number of aromatic nitrogens is 4. The Balaban J connectivity index is 1.41. The van der Waals surface area contributed by atoms with E-state index in [-0.39, 0.29) is 18.0 Å². The van der Waals surface area contributed by atoms with Crippen molar-refractivity contribution >= 4 is 28.4 Å². The third-order valence-corrected chi connectivity index (χ3v) is 4.75. The number of nitrogens with zero attached hydrogens (tertiary/aromatic N) is 6. The molecule has 0 atom stereocenters. The highest BCUT2D eigenvalue weighted by molar-refractivity contribution is 5.90. The monoisotopic (exact) mass is 379 g/mol. The van der Waals surface area contributed by atoms with Crippen LogP contribution in [0.4, 0.5) is 11.6 Å². The lowest BCUT2D eigenvalue weighted by molar-refractivity contribution is -0.116. The number of piperazine rings is 1. The van der Waals surface area contributed by atoms with Gasteiger partial charge in [0.1, 0.15) is 6.54 Å². The van der Waals surface area contributed by atoms with Gasteiger partial charge in [-0.25, -0.2) is 15.0 Å². The van der Waals surface area contributed by atoms with E-state index in [1.54, 1.807) is 30.6 Å². The minimum Gasteiger partial charge on any atom is -0.338 e. The first-order valence-corrected chi connectivity index (χ1v) is 9.10. The molecule has 1 aliphatic rings. The molecule has 28 heavy (non-hydrogen) atoms. The van der Waals surface area contributed by atoms with Gasteiger partial charge in [0.25, 0.3) is 5.56 Å².